The zero-order valence-corrected chi connectivity index (χ0v) is 20.6. The fraction of sp³-hybridized carbons (Fsp3) is 0.391. The highest BCUT2D eigenvalue weighted by Gasteiger charge is 2.53. The van der Waals surface area contributed by atoms with Crippen molar-refractivity contribution in [1.82, 2.24) is 14.1 Å². The Bertz CT molecular complexity index is 1260. The van der Waals surface area contributed by atoms with E-state index in [2.05, 4.69) is 0 Å². The van der Waals surface area contributed by atoms with Gasteiger partial charge in [0.1, 0.15) is 28.7 Å². The zero-order chi connectivity index (χ0) is 25.7. The van der Waals surface area contributed by atoms with E-state index in [4.69, 9.17) is 17.3 Å². The number of carbonyl (C=O) groups excluding carboxylic acids is 2. The van der Waals surface area contributed by atoms with Gasteiger partial charge in [0.25, 0.3) is 0 Å². The molecule has 0 aliphatic carbocycles. The Morgan fingerprint density at radius 1 is 1.06 bits per heavy atom. The number of sulfonamides is 1. The van der Waals surface area contributed by atoms with Crippen LogP contribution in [0.15, 0.2) is 47.4 Å². The Labute approximate surface area is 207 Å². The molecule has 8 nitrogen and oxygen atoms in total. The van der Waals surface area contributed by atoms with Crippen LogP contribution in [-0.4, -0.2) is 71.7 Å². The van der Waals surface area contributed by atoms with Crippen LogP contribution in [0.2, 0.25) is 5.02 Å². The molecule has 2 heterocycles. The van der Waals surface area contributed by atoms with Gasteiger partial charge in [-0.2, -0.15) is 4.31 Å². The Morgan fingerprint density at radius 2 is 1.71 bits per heavy atom. The van der Waals surface area contributed by atoms with Crippen LogP contribution in [0, 0.1) is 11.6 Å². The van der Waals surface area contributed by atoms with E-state index < -0.39 is 57.3 Å². The molecule has 2 aromatic rings. The molecule has 0 aromatic heterocycles. The Balaban J connectivity index is 1.80. The number of fused-ring (bicyclic) bond motifs is 1. The summed E-state index contributed by atoms with van der Waals surface area (Å²) >= 11 is 5.97. The van der Waals surface area contributed by atoms with Crippen LogP contribution in [0.3, 0.4) is 0 Å². The van der Waals surface area contributed by atoms with E-state index in [1.807, 2.05) is 0 Å². The van der Waals surface area contributed by atoms with Crippen molar-refractivity contribution in [3.63, 3.8) is 0 Å². The maximum atomic E-state index is 14.5. The average Bonchev–Trinajstić information content (AvgIpc) is 2.78. The average molecular weight is 527 g/mol. The fourth-order valence-electron chi connectivity index (χ4n) is 4.55. The van der Waals surface area contributed by atoms with E-state index >= 15 is 0 Å². The van der Waals surface area contributed by atoms with E-state index in [1.165, 1.54) is 9.80 Å². The molecule has 2 amide bonds. The third-order valence-electron chi connectivity index (χ3n) is 6.31. The smallest absolute Gasteiger partial charge is 0.247 e. The van der Waals surface area contributed by atoms with Crippen molar-refractivity contribution in [3.05, 3.63) is 64.7 Å². The lowest BCUT2D eigenvalue weighted by molar-refractivity contribution is -0.167. The molecule has 0 bridgehead atoms. The Hall–Kier alpha value is -2.60. The summed E-state index contributed by atoms with van der Waals surface area (Å²) < 4.78 is 56.0. The van der Waals surface area contributed by atoms with E-state index in [0.717, 1.165) is 16.4 Å². The number of hydrogen-bond donors (Lipinski definition) is 1. The minimum absolute atomic E-state index is 0.104. The van der Waals surface area contributed by atoms with E-state index in [9.17, 15) is 26.8 Å². The number of rotatable bonds is 5. The molecule has 0 spiro atoms. The highest BCUT2D eigenvalue weighted by atomic mass is 35.5. The molecular weight excluding hydrogens is 502 g/mol. The maximum Gasteiger partial charge on any atom is 0.247 e. The highest BCUT2D eigenvalue weighted by Crippen LogP contribution is 2.33. The van der Waals surface area contributed by atoms with Gasteiger partial charge in [-0.25, -0.2) is 17.2 Å². The summed E-state index contributed by atoms with van der Waals surface area (Å²) in [5, 5.41) is 0.500. The quantitative estimate of drug-likeness (QED) is 0.641. The summed E-state index contributed by atoms with van der Waals surface area (Å²) in [6, 6.07) is 6.30. The normalized spacial score (nSPS) is 23.7. The molecule has 2 aliphatic rings. The summed E-state index contributed by atoms with van der Waals surface area (Å²) in [4.78, 5) is 28.6. The highest BCUT2D eigenvalue weighted by molar-refractivity contribution is 7.89. The second kappa shape index (κ2) is 9.45. The minimum atomic E-state index is -4.54. The zero-order valence-electron chi connectivity index (χ0n) is 19.1. The van der Waals surface area contributed by atoms with E-state index in [0.29, 0.717) is 16.7 Å². The van der Waals surface area contributed by atoms with Gasteiger partial charge in [0, 0.05) is 30.1 Å². The van der Waals surface area contributed by atoms with Crippen molar-refractivity contribution in [3.8, 4) is 0 Å². The lowest BCUT2D eigenvalue weighted by Gasteiger charge is -2.53. The van der Waals surface area contributed by atoms with Gasteiger partial charge in [0.2, 0.25) is 21.8 Å². The summed E-state index contributed by atoms with van der Waals surface area (Å²) in [6.45, 7) is 3.03. The summed E-state index contributed by atoms with van der Waals surface area (Å²) in [6.07, 6.45) is -1.01. The molecule has 0 radical (unpaired) electrons. The second-order valence-corrected chi connectivity index (χ2v) is 11.2. The second-order valence-electron chi connectivity index (χ2n) is 8.91. The number of benzene rings is 2. The standard InChI is InChI=1S/C23H25ClF2N4O4S/c1-13(2)28-12-21-29(35(33,34)20-8-7-16(25)10-17(20)26)11-18(27)22(31)30(21)19(23(28)32)9-14-3-5-15(24)6-4-14/h3-8,10,13,18-19,21H,9,11-12,27H2,1-2H3. The lowest BCUT2D eigenvalue weighted by atomic mass is 9.96. The number of nitrogens with two attached hydrogens (primary N) is 1. The molecule has 2 saturated heterocycles. The number of halogens is 3. The third kappa shape index (κ3) is 4.65. The van der Waals surface area contributed by atoms with Gasteiger partial charge in [-0.1, -0.05) is 23.7 Å². The van der Waals surface area contributed by atoms with Crippen molar-refractivity contribution < 1.29 is 26.8 Å². The number of piperazine rings is 1. The molecule has 2 aromatic carbocycles. The van der Waals surface area contributed by atoms with Crippen LogP contribution in [0.4, 0.5) is 8.78 Å². The van der Waals surface area contributed by atoms with Crippen LogP contribution < -0.4 is 5.73 Å². The monoisotopic (exact) mass is 526 g/mol. The molecule has 0 saturated carbocycles. The van der Waals surface area contributed by atoms with Gasteiger partial charge < -0.3 is 15.5 Å². The molecule has 12 heteroatoms. The first kappa shape index (κ1) is 25.5. The SMILES string of the molecule is CC(C)N1CC2N(C(=O)C(N)CN2S(=O)(=O)c2ccc(F)cc2F)C(Cc2ccc(Cl)cc2)C1=O. The molecule has 2 aliphatic heterocycles. The molecule has 4 rings (SSSR count). The molecule has 2 fully saturated rings. The Kier molecular flexibility index (Phi) is 6.89. The van der Waals surface area contributed by atoms with Crippen LogP contribution in [0.25, 0.3) is 0 Å². The minimum Gasteiger partial charge on any atom is -0.335 e. The van der Waals surface area contributed by atoms with Crippen molar-refractivity contribution in [1.29, 1.82) is 0 Å². The molecule has 35 heavy (non-hydrogen) atoms. The van der Waals surface area contributed by atoms with Crippen LogP contribution >= 0.6 is 11.6 Å². The molecule has 2 N–H and O–H groups in total. The van der Waals surface area contributed by atoms with Gasteiger partial charge in [-0.15, -0.1) is 0 Å². The van der Waals surface area contributed by atoms with E-state index in [1.54, 1.807) is 38.1 Å². The predicted octanol–water partition coefficient (Wildman–Crippen LogP) is 1.97. The first-order valence-corrected chi connectivity index (χ1v) is 12.8. The van der Waals surface area contributed by atoms with Crippen LogP contribution in [-0.2, 0) is 26.0 Å². The molecular formula is C23H25ClF2N4O4S. The first-order valence-electron chi connectivity index (χ1n) is 11.0. The van der Waals surface area contributed by atoms with Crippen molar-refractivity contribution in [2.24, 2.45) is 5.73 Å². The van der Waals surface area contributed by atoms with Crippen LogP contribution in [0.5, 0.6) is 0 Å². The molecule has 3 atom stereocenters. The van der Waals surface area contributed by atoms with Gasteiger partial charge in [0.05, 0.1) is 12.6 Å². The summed E-state index contributed by atoms with van der Waals surface area (Å²) in [5.74, 6) is -3.10. The van der Waals surface area contributed by atoms with Crippen LogP contribution in [0.1, 0.15) is 19.4 Å². The topological polar surface area (TPSA) is 104 Å². The van der Waals surface area contributed by atoms with Gasteiger partial charge in [0.15, 0.2) is 0 Å². The summed E-state index contributed by atoms with van der Waals surface area (Å²) in [7, 11) is -4.54. The van der Waals surface area contributed by atoms with Gasteiger partial charge in [-0.05, 0) is 43.7 Å². The number of hydrogen-bond acceptors (Lipinski definition) is 5. The third-order valence-corrected chi connectivity index (χ3v) is 8.46. The lowest BCUT2D eigenvalue weighted by Crippen LogP contribution is -2.76. The van der Waals surface area contributed by atoms with Crippen molar-refractivity contribution in [2.75, 3.05) is 13.1 Å². The molecule has 3 unspecified atom stereocenters. The number of amides is 2. The Morgan fingerprint density at radius 3 is 2.31 bits per heavy atom. The van der Waals surface area contributed by atoms with Gasteiger partial charge >= 0.3 is 0 Å². The fourth-order valence-corrected chi connectivity index (χ4v) is 6.32. The van der Waals surface area contributed by atoms with Crippen molar-refractivity contribution in [2.45, 2.75) is 49.5 Å². The first-order chi connectivity index (χ1) is 16.4. The number of carbonyl (C=O) groups is 2. The van der Waals surface area contributed by atoms with E-state index in [-0.39, 0.29) is 24.9 Å². The van der Waals surface area contributed by atoms with Gasteiger partial charge in [-0.3, -0.25) is 9.59 Å². The van der Waals surface area contributed by atoms with Crippen molar-refractivity contribution >= 4 is 33.4 Å². The predicted molar refractivity (Wildman–Crippen MR) is 125 cm³/mol. The number of nitrogens with zero attached hydrogens (tertiary/aromatic N) is 3. The maximum absolute atomic E-state index is 14.5. The molecule has 188 valence electrons. The summed E-state index contributed by atoms with van der Waals surface area (Å²) in [5.41, 5.74) is 6.75. The largest absolute Gasteiger partial charge is 0.335 e.